The summed E-state index contributed by atoms with van der Waals surface area (Å²) >= 11 is 0. The van der Waals surface area contributed by atoms with E-state index in [1.807, 2.05) is 0 Å². The summed E-state index contributed by atoms with van der Waals surface area (Å²) in [5, 5.41) is 2.68. The Balaban J connectivity index is 2.59. The molecule has 0 unspecified atom stereocenters. The molecule has 2 atom stereocenters. The molecule has 0 radical (unpaired) electrons. The number of carbonyl (C=O) groups excluding carboxylic acids is 3. The summed E-state index contributed by atoms with van der Waals surface area (Å²) in [5.74, 6) is -0.473. The van der Waals surface area contributed by atoms with Gasteiger partial charge in [-0.1, -0.05) is 6.08 Å². The monoisotopic (exact) mass is 296 g/mol. The van der Waals surface area contributed by atoms with Gasteiger partial charge in [-0.2, -0.15) is 0 Å². The first-order valence-corrected chi connectivity index (χ1v) is 7.08. The third kappa shape index (κ3) is 5.21. The second kappa shape index (κ2) is 6.74. The zero-order valence-corrected chi connectivity index (χ0v) is 13.3. The highest BCUT2D eigenvalue weighted by atomic mass is 16.6. The van der Waals surface area contributed by atoms with Crippen LogP contribution in [0.2, 0.25) is 0 Å². The van der Waals surface area contributed by atoms with Gasteiger partial charge in [-0.25, -0.2) is 4.79 Å². The second-order valence-corrected chi connectivity index (χ2v) is 6.21. The van der Waals surface area contributed by atoms with Gasteiger partial charge in [0.15, 0.2) is 5.78 Å². The molecule has 1 aliphatic rings. The number of likely N-dealkylation sites (N-methyl/N-ethyl adjacent to an activating group) is 1. The Morgan fingerprint density at radius 2 is 2.05 bits per heavy atom. The lowest BCUT2D eigenvalue weighted by molar-refractivity contribution is -0.129. The third-order valence-electron chi connectivity index (χ3n) is 3.21. The van der Waals surface area contributed by atoms with Crippen molar-refractivity contribution in [3.63, 3.8) is 0 Å². The summed E-state index contributed by atoms with van der Waals surface area (Å²) in [6, 6.07) is -1.21. The third-order valence-corrected chi connectivity index (χ3v) is 3.21. The van der Waals surface area contributed by atoms with Crippen molar-refractivity contribution in [1.82, 2.24) is 10.2 Å². The van der Waals surface area contributed by atoms with E-state index in [4.69, 9.17) is 4.74 Å². The number of amides is 2. The first-order chi connectivity index (χ1) is 9.61. The normalized spacial score (nSPS) is 19.9. The van der Waals surface area contributed by atoms with Crippen molar-refractivity contribution >= 4 is 17.8 Å². The molecule has 6 heteroatoms. The van der Waals surface area contributed by atoms with E-state index in [-0.39, 0.29) is 11.7 Å². The minimum absolute atomic E-state index is 0.110. The number of ether oxygens (including phenoxy) is 1. The van der Waals surface area contributed by atoms with E-state index in [1.165, 1.54) is 18.0 Å². The Hall–Kier alpha value is -1.85. The molecule has 0 fully saturated rings. The van der Waals surface area contributed by atoms with E-state index in [0.29, 0.717) is 6.42 Å². The lowest BCUT2D eigenvalue weighted by Gasteiger charge is -2.29. The lowest BCUT2D eigenvalue weighted by Crippen LogP contribution is -2.51. The fraction of sp³-hybridized carbons (Fsp3) is 0.667. The van der Waals surface area contributed by atoms with Crippen molar-refractivity contribution in [2.45, 2.75) is 58.2 Å². The molecular formula is C15H24N2O4. The van der Waals surface area contributed by atoms with Crippen LogP contribution in [-0.2, 0) is 14.3 Å². The van der Waals surface area contributed by atoms with Crippen LogP contribution in [0.4, 0.5) is 4.79 Å². The fourth-order valence-electron chi connectivity index (χ4n) is 1.82. The summed E-state index contributed by atoms with van der Waals surface area (Å²) in [5.41, 5.74) is -0.619. The van der Waals surface area contributed by atoms with Gasteiger partial charge in [-0.15, -0.1) is 0 Å². The molecule has 2 amide bonds. The maximum Gasteiger partial charge on any atom is 0.410 e. The van der Waals surface area contributed by atoms with Gasteiger partial charge in [0.1, 0.15) is 11.6 Å². The zero-order valence-electron chi connectivity index (χ0n) is 13.3. The van der Waals surface area contributed by atoms with Crippen LogP contribution in [0, 0.1) is 0 Å². The van der Waals surface area contributed by atoms with Crippen molar-refractivity contribution in [2.75, 3.05) is 7.05 Å². The first kappa shape index (κ1) is 17.2. The van der Waals surface area contributed by atoms with Crippen molar-refractivity contribution in [2.24, 2.45) is 0 Å². The predicted molar refractivity (Wildman–Crippen MR) is 78.8 cm³/mol. The van der Waals surface area contributed by atoms with Gasteiger partial charge >= 0.3 is 6.09 Å². The van der Waals surface area contributed by atoms with Crippen LogP contribution in [0.25, 0.3) is 0 Å². The van der Waals surface area contributed by atoms with Gasteiger partial charge in [0.25, 0.3) is 0 Å². The summed E-state index contributed by atoms with van der Waals surface area (Å²) in [6.07, 6.45) is 4.05. The predicted octanol–water partition coefficient (Wildman–Crippen LogP) is 1.65. The number of rotatable bonds is 3. The van der Waals surface area contributed by atoms with Crippen LogP contribution in [-0.4, -0.2) is 47.4 Å². The maximum atomic E-state index is 12.1. The number of hydrogen-bond donors (Lipinski definition) is 1. The molecule has 0 aromatic heterocycles. The van der Waals surface area contributed by atoms with Gasteiger partial charge < -0.3 is 10.1 Å². The number of nitrogens with one attached hydrogen (secondary N) is 1. The van der Waals surface area contributed by atoms with E-state index >= 15 is 0 Å². The van der Waals surface area contributed by atoms with E-state index in [0.717, 1.165) is 6.42 Å². The number of carbonyl (C=O) groups is 3. The quantitative estimate of drug-likeness (QED) is 0.859. The van der Waals surface area contributed by atoms with Gasteiger partial charge in [0.2, 0.25) is 5.91 Å². The second-order valence-electron chi connectivity index (χ2n) is 6.21. The van der Waals surface area contributed by atoms with Crippen molar-refractivity contribution in [3.05, 3.63) is 12.2 Å². The number of ketones is 1. The molecule has 0 bridgehead atoms. The molecule has 118 valence electrons. The largest absolute Gasteiger partial charge is 0.444 e. The fourth-order valence-corrected chi connectivity index (χ4v) is 1.82. The maximum absolute atomic E-state index is 12.1. The Bertz CT molecular complexity index is 451. The smallest absolute Gasteiger partial charge is 0.410 e. The minimum Gasteiger partial charge on any atom is -0.444 e. The highest BCUT2D eigenvalue weighted by molar-refractivity contribution is 5.98. The van der Waals surface area contributed by atoms with Crippen LogP contribution in [0.5, 0.6) is 0 Å². The highest BCUT2D eigenvalue weighted by Crippen LogP contribution is 2.12. The SMILES string of the molecule is C[C@@H](C(=O)N[C@H]1CCC=CC1=O)N(C)C(=O)OC(C)(C)C. The van der Waals surface area contributed by atoms with Gasteiger partial charge in [-0.05, 0) is 46.6 Å². The van der Waals surface area contributed by atoms with Crippen molar-refractivity contribution in [3.8, 4) is 0 Å². The Morgan fingerprint density at radius 1 is 1.43 bits per heavy atom. The topological polar surface area (TPSA) is 75.7 Å². The number of nitrogens with zero attached hydrogens (tertiary/aromatic N) is 1. The molecule has 0 aliphatic heterocycles. The highest BCUT2D eigenvalue weighted by Gasteiger charge is 2.29. The van der Waals surface area contributed by atoms with Crippen LogP contribution in [0.15, 0.2) is 12.2 Å². The first-order valence-electron chi connectivity index (χ1n) is 7.08. The zero-order chi connectivity index (χ0) is 16.2. The number of hydrogen-bond acceptors (Lipinski definition) is 4. The van der Waals surface area contributed by atoms with Crippen molar-refractivity contribution < 1.29 is 19.1 Å². The molecule has 1 aliphatic carbocycles. The molecule has 1 rings (SSSR count). The molecule has 0 aromatic carbocycles. The molecular weight excluding hydrogens is 272 g/mol. The molecule has 0 aromatic rings. The van der Waals surface area contributed by atoms with Gasteiger partial charge in [0.05, 0.1) is 6.04 Å². The average Bonchev–Trinajstić information content (AvgIpc) is 2.37. The van der Waals surface area contributed by atoms with E-state index in [9.17, 15) is 14.4 Å². The lowest BCUT2D eigenvalue weighted by atomic mass is 10.0. The number of allylic oxidation sites excluding steroid dienone is 1. The van der Waals surface area contributed by atoms with Crippen LogP contribution < -0.4 is 5.32 Å². The summed E-state index contributed by atoms with van der Waals surface area (Å²) in [4.78, 5) is 36.9. The average molecular weight is 296 g/mol. The van der Waals surface area contributed by atoms with Crippen LogP contribution >= 0.6 is 0 Å². The molecule has 0 heterocycles. The Morgan fingerprint density at radius 3 is 2.57 bits per heavy atom. The van der Waals surface area contributed by atoms with Gasteiger partial charge in [0, 0.05) is 7.05 Å². The van der Waals surface area contributed by atoms with Crippen molar-refractivity contribution in [1.29, 1.82) is 0 Å². The summed E-state index contributed by atoms with van der Waals surface area (Å²) < 4.78 is 5.21. The summed E-state index contributed by atoms with van der Waals surface area (Å²) in [6.45, 7) is 6.88. The van der Waals surface area contributed by atoms with Crippen LogP contribution in [0.3, 0.4) is 0 Å². The molecule has 0 spiro atoms. The molecule has 0 saturated carbocycles. The van der Waals surface area contributed by atoms with E-state index in [1.54, 1.807) is 33.8 Å². The van der Waals surface area contributed by atoms with Gasteiger partial charge in [-0.3, -0.25) is 14.5 Å². The van der Waals surface area contributed by atoms with Crippen LogP contribution in [0.1, 0.15) is 40.5 Å². The molecule has 6 nitrogen and oxygen atoms in total. The Labute approximate surface area is 125 Å². The molecule has 0 saturated heterocycles. The molecule has 21 heavy (non-hydrogen) atoms. The van der Waals surface area contributed by atoms with E-state index < -0.39 is 23.8 Å². The Kier molecular flexibility index (Phi) is 5.52. The molecule has 1 N–H and O–H groups in total. The standard InChI is InChI=1S/C15H24N2O4/c1-10(17(5)14(20)21-15(2,3)4)13(19)16-11-8-6-7-9-12(11)18/h7,9-11H,6,8H2,1-5H3,(H,16,19)/t10-,11-/m0/s1. The summed E-state index contributed by atoms with van der Waals surface area (Å²) in [7, 11) is 1.50. The minimum atomic E-state index is -0.710. The van der Waals surface area contributed by atoms with E-state index in [2.05, 4.69) is 5.32 Å².